The second-order valence-corrected chi connectivity index (χ2v) is 10.6. The zero-order valence-corrected chi connectivity index (χ0v) is 18.3. The molecule has 3 aromatic rings. The van der Waals surface area contributed by atoms with Crippen LogP contribution in [0.5, 0.6) is 0 Å². The Kier molecular flexibility index (Phi) is 5.20. The molecular formula is C20H23N3O4S2. The Balaban J connectivity index is 1.89. The Bertz CT molecular complexity index is 1180. The van der Waals surface area contributed by atoms with E-state index in [4.69, 9.17) is 14.8 Å². The van der Waals surface area contributed by atoms with Crippen LogP contribution in [-0.4, -0.2) is 47.8 Å². The molecule has 4 rings (SSSR count). The zero-order chi connectivity index (χ0) is 20.8. The molecule has 0 N–H and O–H groups in total. The average Bonchev–Trinajstić information content (AvgIpc) is 3.39. The molecule has 1 aliphatic heterocycles. The number of hydrogen-bond acceptors (Lipinski definition) is 7. The van der Waals surface area contributed by atoms with E-state index in [-0.39, 0.29) is 29.9 Å². The molecule has 0 aromatic carbocycles. The summed E-state index contributed by atoms with van der Waals surface area (Å²) in [6, 6.07) is 3.78. The summed E-state index contributed by atoms with van der Waals surface area (Å²) in [4.78, 5) is 17.5. The molecule has 0 aliphatic carbocycles. The van der Waals surface area contributed by atoms with Gasteiger partial charge in [-0.2, -0.15) is 5.10 Å². The van der Waals surface area contributed by atoms with Gasteiger partial charge < -0.3 is 4.74 Å². The highest BCUT2D eigenvalue weighted by Crippen LogP contribution is 2.37. The molecule has 29 heavy (non-hydrogen) atoms. The maximum atomic E-state index is 12.0. The quantitative estimate of drug-likeness (QED) is 0.574. The second kappa shape index (κ2) is 7.53. The lowest BCUT2D eigenvalue weighted by Crippen LogP contribution is -2.13. The first-order valence-electron chi connectivity index (χ1n) is 9.50. The van der Waals surface area contributed by atoms with Gasteiger partial charge in [0, 0.05) is 12.1 Å². The number of pyridine rings is 1. The Hall–Kier alpha value is -2.26. The van der Waals surface area contributed by atoms with E-state index in [1.54, 1.807) is 16.0 Å². The van der Waals surface area contributed by atoms with E-state index in [9.17, 15) is 13.2 Å². The van der Waals surface area contributed by atoms with Crippen molar-refractivity contribution < 1.29 is 17.9 Å². The third-order valence-corrected chi connectivity index (χ3v) is 8.17. The molecule has 3 aromatic heterocycles. The molecule has 7 nitrogen and oxygen atoms in total. The van der Waals surface area contributed by atoms with Crippen molar-refractivity contribution in [2.24, 2.45) is 0 Å². The largest absolute Gasteiger partial charge is 0.469 e. The summed E-state index contributed by atoms with van der Waals surface area (Å²) >= 11 is 1.59. The third kappa shape index (κ3) is 3.69. The smallest absolute Gasteiger partial charge is 0.305 e. The van der Waals surface area contributed by atoms with Crippen molar-refractivity contribution in [3.8, 4) is 10.6 Å². The van der Waals surface area contributed by atoms with Crippen LogP contribution in [0.2, 0.25) is 0 Å². The number of hydrogen-bond donors (Lipinski definition) is 0. The number of carbonyl (C=O) groups is 1. The fourth-order valence-corrected chi connectivity index (χ4v) is 6.44. The highest BCUT2D eigenvalue weighted by Gasteiger charge is 2.32. The van der Waals surface area contributed by atoms with Gasteiger partial charge in [0.2, 0.25) is 0 Å². The van der Waals surface area contributed by atoms with E-state index in [0.717, 1.165) is 32.8 Å². The Morgan fingerprint density at radius 2 is 2.17 bits per heavy atom. The number of aryl methyl sites for hydroxylation is 2. The number of methoxy groups -OCH3 is 1. The number of sulfone groups is 1. The van der Waals surface area contributed by atoms with Gasteiger partial charge in [-0.25, -0.2) is 18.1 Å². The van der Waals surface area contributed by atoms with Crippen molar-refractivity contribution >= 4 is 38.2 Å². The van der Waals surface area contributed by atoms with Crippen molar-refractivity contribution in [1.82, 2.24) is 14.8 Å². The van der Waals surface area contributed by atoms with Crippen LogP contribution < -0.4 is 0 Å². The topological polar surface area (TPSA) is 91.2 Å². The zero-order valence-electron chi connectivity index (χ0n) is 16.6. The van der Waals surface area contributed by atoms with Gasteiger partial charge in [-0.15, -0.1) is 11.3 Å². The molecular weight excluding hydrogens is 410 g/mol. The van der Waals surface area contributed by atoms with Crippen molar-refractivity contribution in [2.45, 2.75) is 39.2 Å². The lowest BCUT2D eigenvalue weighted by Gasteiger charge is -2.13. The summed E-state index contributed by atoms with van der Waals surface area (Å²) in [6.45, 7) is 3.95. The van der Waals surface area contributed by atoms with E-state index < -0.39 is 9.84 Å². The average molecular weight is 434 g/mol. The minimum absolute atomic E-state index is 0.0948. The van der Waals surface area contributed by atoms with Gasteiger partial charge in [0.25, 0.3) is 0 Å². The van der Waals surface area contributed by atoms with Crippen LogP contribution in [0, 0.1) is 13.8 Å². The summed E-state index contributed by atoms with van der Waals surface area (Å²) in [5.74, 6) is 0.0225. The molecule has 0 spiro atoms. The van der Waals surface area contributed by atoms with E-state index in [1.807, 2.05) is 31.4 Å². The van der Waals surface area contributed by atoms with Gasteiger partial charge in [0.15, 0.2) is 15.5 Å². The number of esters is 1. The molecule has 0 bridgehead atoms. The molecule has 1 saturated heterocycles. The van der Waals surface area contributed by atoms with Crippen molar-refractivity contribution in [3.63, 3.8) is 0 Å². The fraction of sp³-hybridized carbons (Fsp3) is 0.450. The van der Waals surface area contributed by atoms with Gasteiger partial charge >= 0.3 is 5.97 Å². The highest BCUT2D eigenvalue weighted by molar-refractivity contribution is 7.91. The van der Waals surface area contributed by atoms with Crippen LogP contribution in [0.15, 0.2) is 17.5 Å². The van der Waals surface area contributed by atoms with Crippen molar-refractivity contribution in [1.29, 1.82) is 0 Å². The maximum absolute atomic E-state index is 12.0. The molecule has 154 valence electrons. The highest BCUT2D eigenvalue weighted by atomic mass is 32.2. The number of ether oxygens (including phenoxy) is 1. The Morgan fingerprint density at radius 3 is 2.79 bits per heavy atom. The van der Waals surface area contributed by atoms with Crippen LogP contribution in [0.25, 0.3) is 21.6 Å². The van der Waals surface area contributed by atoms with Crippen LogP contribution in [0.4, 0.5) is 0 Å². The number of carbonyl (C=O) groups excluding carboxylic acids is 1. The standard InChI is InChI=1S/C20H23N3O4S2/c1-12-15(6-7-17(24)27-3)13(2)21-20-18(12)19(16-5-4-9-28-16)22-23(20)14-8-10-29(25,26)11-14/h4-5,9,14H,6-8,10-11H2,1-3H3/t14-/m1/s1. The molecule has 0 saturated carbocycles. The first kappa shape index (κ1) is 20.0. The van der Waals surface area contributed by atoms with Gasteiger partial charge in [-0.3, -0.25) is 4.79 Å². The predicted octanol–water partition coefficient (Wildman–Crippen LogP) is 3.24. The normalized spacial score (nSPS) is 18.4. The maximum Gasteiger partial charge on any atom is 0.305 e. The van der Waals surface area contributed by atoms with Gasteiger partial charge in [0.05, 0.1) is 34.9 Å². The monoisotopic (exact) mass is 433 g/mol. The van der Waals surface area contributed by atoms with Gasteiger partial charge in [-0.1, -0.05) is 6.07 Å². The van der Waals surface area contributed by atoms with Gasteiger partial charge in [-0.05, 0) is 49.3 Å². The molecule has 0 radical (unpaired) electrons. The Morgan fingerprint density at radius 1 is 1.38 bits per heavy atom. The number of fused-ring (bicyclic) bond motifs is 1. The van der Waals surface area contributed by atoms with Crippen molar-refractivity contribution in [3.05, 3.63) is 34.3 Å². The van der Waals surface area contributed by atoms with E-state index in [1.165, 1.54) is 7.11 Å². The fourth-order valence-electron chi connectivity index (χ4n) is 4.03. The molecule has 4 heterocycles. The lowest BCUT2D eigenvalue weighted by atomic mass is 9.99. The molecule has 9 heteroatoms. The summed E-state index contributed by atoms with van der Waals surface area (Å²) in [6.07, 6.45) is 1.38. The minimum atomic E-state index is -3.04. The molecule has 1 atom stereocenters. The van der Waals surface area contributed by atoms with E-state index in [2.05, 4.69) is 0 Å². The molecule has 0 unspecified atom stereocenters. The number of rotatable bonds is 5. The Labute approximate surface area is 173 Å². The third-order valence-electron chi connectivity index (χ3n) is 5.54. The second-order valence-electron chi connectivity index (χ2n) is 7.40. The first-order valence-corrected chi connectivity index (χ1v) is 12.2. The van der Waals surface area contributed by atoms with Gasteiger partial charge in [0.1, 0.15) is 5.69 Å². The van der Waals surface area contributed by atoms with Crippen LogP contribution in [0.3, 0.4) is 0 Å². The summed E-state index contributed by atoms with van der Waals surface area (Å²) in [7, 11) is -1.66. The van der Waals surface area contributed by atoms with Crippen LogP contribution in [0.1, 0.15) is 35.7 Å². The summed E-state index contributed by atoms with van der Waals surface area (Å²) in [5, 5.41) is 7.77. The number of thiophene rings is 1. The SMILES string of the molecule is COC(=O)CCc1c(C)nc2c(c(-c3cccs3)nn2[C@@H]2CCS(=O)(=O)C2)c1C. The van der Waals surface area contributed by atoms with Crippen molar-refractivity contribution in [2.75, 3.05) is 18.6 Å². The molecule has 0 amide bonds. The summed E-state index contributed by atoms with van der Waals surface area (Å²) < 4.78 is 30.7. The first-order chi connectivity index (χ1) is 13.8. The number of nitrogens with zero attached hydrogens (tertiary/aromatic N) is 3. The number of aromatic nitrogens is 3. The van der Waals surface area contributed by atoms with E-state index >= 15 is 0 Å². The lowest BCUT2D eigenvalue weighted by molar-refractivity contribution is -0.140. The predicted molar refractivity (Wildman–Crippen MR) is 113 cm³/mol. The van der Waals surface area contributed by atoms with Crippen LogP contribution >= 0.6 is 11.3 Å². The molecule has 1 aliphatic rings. The van der Waals surface area contributed by atoms with E-state index in [0.29, 0.717) is 18.5 Å². The molecule has 1 fully saturated rings. The minimum Gasteiger partial charge on any atom is -0.469 e. The summed E-state index contributed by atoms with van der Waals surface area (Å²) in [5.41, 5.74) is 4.42. The van der Waals surface area contributed by atoms with Crippen LogP contribution in [-0.2, 0) is 25.8 Å².